The molecule has 66 heavy (non-hydrogen) atoms. The Labute approximate surface area is 405 Å². The average molecular weight is 905 g/mol. The Balaban J connectivity index is 0.000000353. The Hall–Kier alpha value is -3.92. The van der Waals surface area contributed by atoms with Crippen LogP contribution in [-0.2, 0) is 47.3 Å². The lowest BCUT2D eigenvalue weighted by molar-refractivity contribution is 0.433. The first-order valence-electron chi connectivity index (χ1n) is 26.0. The summed E-state index contributed by atoms with van der Waals surface area (Å²) in [5.41, 5.74) is 12.0. The van der Waals surface area contributed by atoms with Gasteiger partial charge in [-0.15, -0.1) is 0 Å². The van der Waals surface area contributed by atoms with Crippen LogP contribution in [0.3, 0.4) is 0 Å². The van der Waals surface area contributed by atoms with Crippen molar-refractivity contribution in [3.05, 3.63) is 115 Å². The molecule has 0 saturated heterocycles. The van der Waals surface area contributed by atoms with Crippen molar-refractivity contribution in [2.75, 3.05) is 0 Å². The molecule has 4 N–H and O–H groups in total. The van der Waals surface area contributed by atoms with Crippen LogP contribution in [0.4, 0.5) is 0 Å². The molecule has 0 aliphatic heterocycles. The zero-order valence-electron chi connectivity index (χ0n) is 45.1. The number of hydrogen-bond donors (Lipinski definition) is 4. The smallest absolute Gasteiger partial charge is 0.122 e. The predicted molar refractivity (Wildman–Crippen MR) is 286 cm³/mol. The Morgan fingerprint density at radius 2 is 0.591 bits per heavy atom. The van der Waals surface area contributed by atoms with Gasteiger partial charge in [0.1, 0.15) is 23.0 Å². The quantitative estimate of drug-likeness (QED) is 0.0666. The Morgan fingerprint density at radius 3 is 0.879 bits per heavy atom. The van der Waals surface area contributed by atoms with Crippen LogP contribution in [0.25, 0.3) is 0 Å². The summed E-state index contributed by atoms with van der Waals surface area (Å²) in [5.74, 6) is 1.55. The SMILES string of the molecule is CC(C)(C)c1cc(Cc2cc(C(C)(C)C)cc(C(C)(C)C)c2O)c(O)c(C(C)(C)C)c1.CCCCCCCCCc1cc(C)cc(Cc2cc(C)cc(CCCCCCCCC)c2O)c1O. The van der Waals surface area contributed by atoms with Gasteiger partial charge in [-0.25, -0.2) is 0 Å². The summed E-state index contributed by atoms with van der Waals surface area (Å²) in [4.78, 5) is 0. The lowest BCUT2D eigenvalue weighted by atomic mass is 9.76. The predicted octanol–water partition coefficient (Wildman–Crippen LogP) is 17.8. The standard InChI is InChI=1S/C33H52O2.C29H44O2/c1-5-7-9-11-13-15-17-19-28-21-26(3)23-30(32(28)34)25-31-24-27(4)22-29(33(31)35)20-18-16-14-12-10-8-6-2;1-26(2,3)20-14-18(24(30)22(16-20)28(7,8)9)13-19-15-21(27(4,5)6)17-23(25(19)31)29(10,11)12/h21-24,34-35H,5-20,25H2,1-4H3;14-17,30-31H,13H2,1-12H3. The van der Waals surface area contributed by atoms with Crippen LogP contribution in [0, 0.1) is 13.8 Å². The summed E-state index contributed by atoms with van der Waals surface area (Å²) >= 11 is 0. The average Bonchev–Trinajstić information content (AvgIpc) is 3.20. The molecular formula is C62H96O4. The van der Waals surface area contributed by atoms with Gasteiger partial charge in [-0.2, -0.15) is 0 Å². The third-order valence-corrected chi connectivity index (χ3v) is 13.4. The molecule has 4 aromatic rings. The monoisotopic (exact) mass is 905 g/mol. The van der Waals surface area contributed by atoms with Gasteiger partial charge in [0.2, 0.25) is 0 Å². The molecule has 0 spiro atoms. The third-order valence-electron chi connectivity index (χ3n) is 13.4. The number of phenolic OH excluding ortho intramolecular Hbond substituents is 4. The van der Waals surface area contributed by atoms with Crippen molar-refractivity contribution < 1.29 is 20.4 Å². The maximum absolute atomic E-state index is 11.2. The van der Waals surface area contributed by atoms with Crippen LogP contribution in [0.15, 0.2) is 48.5 Å². The fraction of sp³-hybridized carbons (Fsp3) is 0.613. The van der Waals surface area contributed by atoms with E-state index >= 15 is 0 Å². The molecule has 0 aliphatic carbocycles. The van der Waals surface area contributed by atoms with Crippen molar-refractivity contribution in [2.45, 2.75) is 248 Å². The molecular weight excluding hydrogens is 809 g/mol. The molecule has 0 aliphatic rings. The van der Waals surface area contributed by atoms with E-state index in [1.54, 1.807) is 0 Å². The fourth-order valence-corrected chi connectivity index (χ4v) is 9.14. The minimum atomic E-state index is -0.175. The lowest BCUT2D eigenvalue weighted by Crippen LogP contribution is -2.18. The molecule has 368 valence electrons. The van der Waals surface area contributed by atoms with Gasteiger partial charge in [0.25, 0.3) is 0 Å². The number of unbranched alkanes of at least 4 members (excludes halogenated alkanes) is 12. The van der Waals surface area contributed by atoms with Gasteiger partial charge in [0.15, 0.2) is 0 Å². The highest BCUT2D eigenvalue weighted by atomic mass is 16.3. The molecule has 0 radical (unpaired) electrons. The summed E-state index contributed by atoms with van der Waals surface area (Å²) in [6.45, 7) is 34.7. The first-order chi connectivity index (χ1) is 30.7. The van der Waals surface area contributed by atoms with Crippen LogP contribution in [-0.4, -0.2) is 20.4 Å². The zero-order chi connectivity index (χ0) is 49.6. The molecule has 4 aromatic carbocycles. The second-order valence-corrected chi connectivity index (χ2v) is 24.0. The summed E-state index contributed by atoms with van der Waals surface area (Å²) < 4.78 is 0. The molecule has 0 amide bonds. The van der Waals surface area contributed by atoms with E-state index in [9.17, 15) is 20.4 Å². The molecule has 0 heterocycles. The number of benzene rings is 4. The largest absolute Gasteiger partial charge is 0.507 e. The first kappa shape index (κ1) is 56.4. The van der Waals surface area contributed by atoms with E-state index < -0.39 is 0 Å². The van der Waals surface area contributed by atoms with Crippen molar-refractivity contribution in [1.29, 1.82) is 0 Å². The van der Waals surface area contributed by atoms with E-state index in [0.29, 0.717) is 35.8 Å². The highest BCUT2D eigenvalue weighted by Crippen LogP contribution is 2.43. The lowest BCUT2D eigenvalue weighted by Gasteiger charge is -2.29. The van der Waals surface area contributed by atoms with E-state index in [4.69, 9.17) is 0 Å². The van der Waals surface area contributed by atoms with Crippen LogP contribution >= 0.6 is 0 Å². The maximum Gasteiger partial charge on any atom is 0.122 e. The summed E-state index contributed by atoms with van der Waals surface area (Å²) in [5, 5.41) is 44.6. The molecule has 0 aromatic heterocycles. The Bertz CT molecular complexity index is 1970. The van der Waals surface area contributed by atoms with E-state index in [0.717, 1.165) is 70.2 Å². The summed E-state index contributed by atoms with van der Waals surface area (Å²) in [7, 11) is 0. The summed E-state index contributed by atoms with van der Waals surface area (Å²) in [6.07, 6.45) is 20.8. The highest BCUT2D eigenvalue weighted by Gasteiger charge is 2.28. The first-order valence-corrected chi connectivity index (χ1v) is 26.0. The van der Waals surface area contributed by atoms with Crippen LogP contribution in [0.1, 0.15) is 254 Å². The van der Waals surface area contributed by atoms with Gasteiger partial charge in [-0.05, 0) is 117 Å². The second kappa shape index (κ2) is 24.9. The van der Waals surface area contributed by atoms with Crippen LogP contribution < -0.4 is 0 Å². The highest BCUT2D eigenvalue weighted by molar-refractivity contribution is 5.55. The van der Waals surface area contributed by atoms with Gasteiger partial charge in [-0.3, -0.25) is 0 Å². The number of aryl methyl sites for hydroxylation is 4. The molecule has 0 saturated carbocycles. The van der Waals surface area contributed by atoms with Crippen molar-refractivity contribution in [3.8, 4) is 23.0 Å². The molecule has 0 unspecified atom stereocenters. The van der Waals surface area contributed by atoms with Gasteiger partial charge < -0.3 is 20.4 Å². The maximum atomic E-state index is 11.2. The minimum absolute atomic E-state index is 0.0334. The van der Waals surface area contributed by atoms with E-state index in [1.807, 2.05) is 0 Å². The van der Waals surface area contributed by atoms with Crippen LogP contribution in [0.5, 0.6) is 23.0 Å². The van der Waals surface area contributed by atoms with E-state index in [2.05, 4.69) is 159 Å². The number of hydrogen-bond acceptors (Lipinski definition) is 4. The van der Waals surface area contributed by atoms with Crippen molar-refractivity contribution in [1.82, 2.24) is 0 Å². The Kier molecular flexibility index (Phi) is 21.3. The number of phenols is 4. The molecule has 4 nitrogen and oxygen atoms in total. The normalized spacial score (nSPS) is 12.4. The van der Waals surface area contributed by atoms with E-state index in [-0.39, 0.29) is 21.7 Å². The van der Waals surface area contributed by atoms with E-state index in [1.165, 1.54) is 99.3 Å². The molecule has 0 fully saturated rings. The molecule has 4 rings (SSSR count). The fourth-order valence-electron chi connectivity index (χ4n) is 9.14. The molecule has 0 atom stereocenters. The third kappa shape index (κ3) is 17.3. The van der Waals surface area contributed by atoms with Crippen molar-refractivity contribution in [3.63, 3.8) is 0 Å². The van der Waals surface area contributed by atoms with Crippen molar-refractivity contribution >= 4 is 0 Å². The summed E-state index contributed by atoms with van der Waals surface area (Å²) in [6, 6.07) is 17.0. The molecule has 0 bridgehead atoms. The number of rotatable bonds is 20. The van der Waals surface area contributed by atoms with Gasteiger partial charge >= 0.3 is 0 Å². The molecule has 4 heteroatoms. The van der Waals surface area contributed by atoms with Gasteiger partial charge in [0, 0.05) is 12.8 Å². The van der Waals surface area contributed by atoms with Gasteiger partial charge in [-0.1, -0.05) is 234 Å². The van der Waals surface area contributed by atoms with Crippen molar-refractivity contribution in [2.24, 2.45) is 0 Å². The topological polar surface area (TPSA) is 80.9 Å². The number of aromatic hydroxyl groups is 4. The Morgan fingerprint density at radius 1 is 0.318 bits per heavy atom. The second-order valence-electron chi connectivity index (χ2n) is 24.0. The van der Waals surface area contributed by atoms with Crippen LogP contribution in [0.2, 0.25) is 0 Å². The van der Waals surface area contributed by atoms with Gasteiger partial charge in [0.05, 0.1) is 0 Å². The zero-order valence-corrected chi connectivity index (χ0v) is 45.1. The minimum Gasteiger partial charge on any atom is -0.507 e.